The minimum Gasteiger partial charge on any atom is -0.496 e. The molecule has 2 aromatic heterocycles. The number of nitrogens with zero attached hydrogens (tertiary/aromatic N) is 2. The van der Waals surface area contributed by atoms with Crippen molar-refractivity contribution in [3.05, 3.63) is 80.9 Å². The molecular weight excluding hydrogens is 468 g/mol. The summed E-state index contributed by atoms with van der Waals surface area (Å²) in [5.41, 5.74) is 2.20. The molecule has 36 heavy (non-hydrogen) atoms. The fraction of sp³-hybridized carbons (Fsp3) is 0.0769. The highest BCUT2D eigenvalue weighted by Crippen LogP contribution is 2.48. The van der Waals surface area contributed by atoms with Gasteiger partial charge in [-0.3, -0.25) is 20.2 Å². The van der Waals surface area contributed by atoms with E-state index >= 15 is 0 Å². The molecule has 6 rings (SSSR count). The molecule has 0 bridgehead atoms. The Balaban J connectivity index is 1.75. The summed E-state index contributed by atoms with van der Waals surface area (Å²) in [5, 5.41) is 26.8. The summed E-state index contributed by atoms with van der Waals surface area (Å²) in [6, 6.07) is 17.1. The predicted octanol–water partition coefficient (Wildman–Crippen LogP) is 6.99. The van der Waals surface area contributed by atoms with Crippen LogP contribution in [0.25, 0.3) is 54.6 Å². The first-order valence-electron chi connectivity index (χ1n) is 10.8. The smallest absolute Gasteiger partial charge is 0.434 e. The number of methoxy groups -OCH3 is 2. The van der Waals surface area contributed by atoms with Crippen LogP contribution in [0.15, 0.2) is 69.5 Å². The normalized spacial score (nSPS) is 11.5. The Kier molecular flexibility index (Phi) is 4.58. The molecule has 0 unspecified atom stereocenters. The number of rotatable bonds is 5. The molecule has 2 heterocycles. The zero-order valence-corrected chi connectivity index (χ0v) is 18.9. The van der Waals surface area contributed by atoms with Crippen LogP contribution >= 0.6 is 0 Å². The molecule has 0 atom stereocenters. The van der Waals surface area contributed by atoms with Crippen LogP contribution in [0, 0.1) is 20.2 Å². The van der Waals surface area contributed by atoms with Gasteiger partial charge in [-0.05, 0) is 70.1 Å². The van der Waals surface area contributed by atoms with Crippen LogP contribution in [0.5, 0.6) is 11.5 Å². The van der Waals surface area contributed by atoms with E-state index in [-0.39, 0.29) is 11.8 Å². The molecule has 0 aliphatic rings. The maximum absolute atomic E-state index is 11.3. The SMILES string of the molecule is COc1ccc2c(ccc3oc([N+](=O)[O-])cc32)c1-c1c(OC)ccc2c1ccc1oc([N+](=O)[O-])cc12. The molecule has 0 aliphatic carbocycles. The summed E-state index contributed by atoms with van der Waals surface area (Å²) in [6.45, 7) is 0. The molecule has 10 nitrogen and oxygen atoms in total. The second-order valence-corrected chi connectivity index (χ2v) is 8.11. The highest BCUT2D eigenvalue weighted by molar-refractivity contribution is 6.19. The number of nitro groups is 2. The minimum absolute atomic E-state index is 0.346. The molecule has 0 saturated carbocycles. The Labute approximate surface area is 201 Å². The monoisotopic (exact) mass is 484 g/mol. The molecule has 0 saturated heterocycles. The van der Waals surface area contributed by atoms with Crippen molar-refractivity contribution in [3.8, 4) is 22.6 Å². The van der Waals surface area contributed by atoms with Gasteiger partial charge in [-0.25, -0.2) is 0 Å². The van der Waals surface area contributed by atoms with Crippen molar-refractivity contribution >= 4 is 55.3 Å². The van der Waals surface area contributed by atoms with Crippen LogP contribution in [0.2, 0.25) is 0 Å². The van der Waals surface area contributed by atoms with E-state index in [4.69, 9.17) is 18.3 Å². The van der Waals surface area contributed by atoms with E-state index in [0.29, 0.717) is 44.6 Å². The lowest BCUT2D eigenvalue weighted by molar-refractivity contribution is -0.401. The van der Waals surface area contributed by atoms with Gasteiger partial charge in [0.05, 0.1) is 26.4 Å². The highest BCUT2D eigenvalue weighted by atomic mass is 16.7. The molecule has 10 heteroatoms. The van der Waals surface area contributed by atoms with Crippen molar-refractivity contribution in [2.45, 2.75) is 0 Å². The fourth-order valence-electron chi connectivity index (χ4n) is 4.82. The third-order valence-electron chi connectivity index (χ3n) is 6.34. The Hall–Kier alpha value is -5.12. The summed E-state index contributed by atoms with van der Waals surface area (Å²) in [6.07, 6.45) is 0. The van der Waals surface area contributed by atoms with Crippen LogP contribution in [0.1, 0.15) is 0 Å². The summed E-state index contributed by atoms with van der Waals surface area (Å²) >= 11 is 0. The van der Waals surface area contributed by atoms with Gasteiger partial charge in [0.2, 0.25) is 0 Å². The fourth-order valence-corrected chi connectivity index (χ4v) is 4.82. The quantitative estimate of drug-likeness (QED) is 0.189. The van der Waals surface area contributed by atoms with Crippen LogP contribution in [-0.4, -0.2) is 24.1 Å². The van der Waals surface area contributed by atoms with Gasteiger partial charge in [-0.15, -0.1) is 0 Å². The summed E-state index contributed by atoms with van der Waals surface area (Å²) < 4.78 is 22.3. The van der Waals surface area contributed by atoms with E-state index in [9.17, 15) is 20.2 Å². The maximum Gasteiger partial charge on any atom is 0.434 e. The lowest BCUT2D eigenvalue weighted by Gasteiger charge is -2.18. The van der Waals surface area contributed by atoms with Crippen molar-refractivity contribution in [2.75, 3.05) is 14.2 Å². The second-order valence-electron chi connectivity index (χ2n) is 8.11. The van der Waals surface area contributed by atoms with Crippen LogP contribution in [0.3, 0.4) is 0 Å². The summed E-state index contributed by atoms with van der Waals surface area (Å²) in [7, 11) is 3.11. The molecule has 0 radical (unpaired) electrons. The molecule has 178 valence electrons. The van der Waals surface area contributed by atoms with Crippen LogP contribution in [-0.2, 0) is 0 Å². The maximum atomic E-state index is 11.3. The van der Waals surface area contributed by atoms with E-state index < -0.39 is 9.85 Å². The van der Waals surface area contributed by atoms with E-state index in [1.54, 1.807) is 38.5 Å². The number of fused-ring (bicyclic) bond motifs is 6. The molecule has 0 aliphatic heterocycles. The van der Waals surface area contributed by atoms with Crippen LogP contribution in [0.4, 0.5) is 11.8 Å². The van der Waals surface area contributed by atoms with Crippen LogP contribution < -0.4 is 9.47 Å². The van der Waals surface area contributed by atoms with Gasteiger partial charge in [0.15, 0.2) is 0 Å². The first kappa shape index (κ1) is 21.4. The van der Waals surface area contributed by atoms with E-state index in [2.05, 4.69) is 0 Å². The first-order chi connectivity index (χ1) is 17.4. The molecule has 0 spiro atoms. The van der Waals surface area contributed by atoms with Crippen molar-refractivity contribution < 1.29 is 28.2 Å². The third kappa shape index (κ3) is 2.97. The summed E-state index contributed by atoms with van der Waals surface area (Å²) in [4.78, 5) is 21.5. The summed E-state index contributed by atoms with van der Waals surface area (Å²) in [5.74, 6) is 0.427. The number of hydrogen-bond acceptors (Lipinski definition) is 8. The number of ether oxygens (including phenoxy) is 2. The molecule has 6 aromatic rings. The average molecular weight is 484 g/mol. The molecule has 0 N–H and O–H groups in total. The Morgan fingerprint density at radius 3 is 1.33 bits per heavy atom. The van der Waals surface area contributed by atoms with Gasteiger partial charge < -0.3 is 18.3 Å². The second kappa shape index (κ2) is 7.70. The van der Waals surface area contributed by atoms with Crippen molar-refractivity contribution in [2.24, 2.45) is 0 Å². The lowest BCUT2D eigenvalue weighted by atomic mass is 9.90. The van der Waals surface area contributed by atoms with Crippen molar-refractivity contribution in [1.82, 2.24) is 0 Å². The first-order valence-corrected chi connectivity index (χ1v) is 10.8. The highest BCUT2D eigenvalue weighted by Gasteiger charge is 2.23. The van der Waals surface area contributed by atoms with Gasteiger partial charge >= 0.3 is 11.8 Å². The number of benzene rings is 4. The molecule has 0 amide bonds. The molecular formula is C26H16N2O8. The zero-order valence-electron chi connectivity index (χ0n) is 18.9. The van der Waals surface area contributed by atoms with E-state index in [1.807, 2.05) is 24.3 Å². The Morgan fingerprint density at radius 2 is 0.972 bits per heavy atom. The predicted molar refractivity (Wildman–Crippen MR) is 133 cm³/mol. The van der Waals surface area contributed by atoms with Gasteiger partial charge in [-0.1, -0.05) is 0 Å². The largest absolute Gasteiger partial charge is 0.496 e. The lowest BCUT2D eigenvalue weighted by Crippen LogP contribution is -1.95. The third-order valence-corrected chi connectivity index (χ3v) is 6.34. The Bertz CT molecular complexity index is 1740. The number of hydrogen-bond donors (Lipinski definition) is 0. The van der Waals surface area contributed by atoms with Gasteiger partial charge in [0.1, 0.15) is 32.5 Å². The van der Waals surface area contributed by atoms with E-state index in [0.717, 1.165) is 21.5 Å². The van der Waals surface area contributed by atoms with Gasteiger partial charge in [-0.2, -0.15) is 0 Å². The van der Waals surface area contributed by atoms with Gasteiger partial charge in [0, 0.05) is 21.9 Å². The Morgan fingerprint density at radius 1 is 0.583 bits per heavy atom. The molecule has 0 fully saturated rings. The van der Waals surface area contributed by atoms with E-state index in [1.165, 1.54) is 12.1 Å². The number of furan rings is 2. The topological polar surface area (TPSA) is 131 Å². The standard InChI is InChI=1S/C26H16N2O8/c1-33-21-9-3-13-15(5-7-19-17(13)11-23(35-19)27(29)30)25(21)26-16-6-8-20-18(12-24(36-20)28(31)32)14(16)4-10-22(26)34-2/h3-12H,1-2H3. The average Bonchev–Trinajstić information content (AvgIpc) is 3.52. The zero-order chi connectivity index (χ0) is 25.1. The molecule has 4 aromatic carbocycles. The van der Waals surface area contributed by atoms with Crippen molar-refractivity contribution in [3.63, 3.8) is 0 Å². The minimum atomic E-state index is -0.570. The van der Waals surface area contributed by atoms with Gasteiger partial charge in [0.25, 0.3) is 0 Å². The van der Waals surface area contributed by atoms with Crippen molar-refractivity contribution in [1.29, 1.82) is 0 Å².